The van der Waals surface area contributed by atoms with Crippen molar-refractivity contribution in [3.63, 3.8) is 0 Å². The van der Waals surface area contributed by atoms with Gasteiger partial charge < -0.3 is 15.1 Å². The number of aliphatic hydroxyl groups excluding tert-OH is 1. The maximum atomic E-state index is 15.0. The largest absolute Gasteiger partial charge is 0.506 e. The van der Waals surface area contributed by atoms with Crippen LogP contribution in [-0.2, 0) is 29.2 Å². The maximum absolute atomic E-state index is 15.0. The predicted octanol–water partition coefficient (Wildman–Crippen LogP) is 6.85. The normalized spacial score (nSPS) is 12.5. The Balaban J connectivity index is 1.86. The highest BCUT2D eigenvalue weighted by Crippen LogP contribution is 2.41. The van der Waals surface area contributed by atoms with Crippen LogP contribution in [-0.4, -0.2) is 32.7 Å². The predicted molar refractivity (Wildman–Crippen MR) is 139 cm³/mol. The van der Waals surface area contributed by atoms with Crippen LogP contribution in [0.2, 0.25) is 0 Å². The zero-order valence-corrected chi connectivity index (χ0v) is 22.3. The molecule has 1 amide bonds. The Kier molecular flexibility index (Phi) is 7.85. The van der Waals surface area contributed by atoms with E-state index in [4.69, 9.17) is 0 Å². The molecule has 2 aromatic carbocycles. The van der Waals surface area contributed by atoms with Gasteiger partial charge in [0.15, 0.2) is 0 Å². The van der Waals surface area contributed by atoms with Crippen molar-refractivity contribution in [1.29, 1.82) is 0 Å². The third-order valence-corrected chi connectivity index (χ3v) is 6.84. The smallest absolute Gasteiger partial charge is 0.416 e. The van der Waals surface area contributed by atoms with Gasteiger partial charge in [0.2, 0.25) is 5.91 Å². The lowest BCUT2D eigenvalue weighted by Gasteiger charge is -2.32. The number of aliphatic hydroxyl groups is 1. The Hall–Kier alpha value is -4.39. The average Bonchev–Trinajstić information content (AvgIpc) is 3.31. The number of hydrogen-bond donors (Lipinski definition) is 2. The molecule has 4 aromatic rings. The van der Waals surface area contributed by atoms with E-state index >= 15 is 0 Å². The number of halogens is 7. The number of alkyl halides is 6. The molecular formula is C29H24F7N3O3. The van der Waals surface area contributed by atoms with E-state index in [2.05, 4.69) is 4.98 Å². The van der Waals surface area contributed by atoms with Crippen LogP contribution in [0.4, 0.5) is 36.4 Å². The zero-order chi connectivity index (χ0) is 31.2. The Labute approximate surface area is 235 Å². The molecule has 2 heterocycles. The van der Waals surface area contributed by atoms with E-state index in [0.717, 1.165) is 11.0 Å². The van der Waals surface area contributed by atoms with Crippen molar-refractivity contribution in [2.45, 2.75) is 38.2 Å². The third kappa shape index (κ3) is 5.82. The molecule has 0 spiro atoms. The molecule has 0 saturated heterocycles. The van der Waals surface area contributed by atoms with Gasteiger partial charge in [-0.25, -0.2) is 9.37 Å². The standard InChI is InChI=1S/C29H24F7N3O3/c1-27(2,16-8-17(28(31,32)33)10-18(9-16)29(34,35)36)26(42)38(3)24-13-37-25(39-14-20(41)11-19(39)15-40)12-22(24)21-6-4-5-7-23(21)30/h4-14,40-41H,15H2,1-3H3. The van der Waals surface area contributed by atoms with Crippen molar-refractivity contribution in [1.82, 2.24) is 9.55 Å². The van der Waals surface area contributed by atoms with Gasteiger partial charge in [0, 0.05) is 24.2 Å². The van der Waals surface area contributed by atoms with Gasteiger partial charge in [-0.2, -0.15) is 26.3 Å². The molecule has 6 nitrogen and oxygen atoms in total. The molecule has 2 N–H and O–H groups in total. The second kappa shape index (κ2) is 10.8. The Morgan fingerprint density at radius 3 is 2.02 bits per heavy atom. The lowest BCUT2D eigenvalue weighted by atomic mass is 9.81. The first-order valence-electron chi connectivity index (χ1n) is 12.3. The summed E-state index contributed by atoms with van der Waals surface area (Å²) >= 11 is 0. The molecular weight excluding hydrogens is 571 g/mol. The number of hydrogen-bond acceptors (Lipinski definition) is 4. The van der Waals surface area contributed by atoms with Crippen molar-refractivity contribution in [2.24, 2.45) is 0 Å². The number of pyridine rings is 1. The molecule has 0 aliphatic heterocycles. The van der Waals surface area contributed by atoms with Gasteiger partial charge in [0.05, 0.1) is 46.9 Å². The number of nitrogens with zero attached hydrogens (tertiary/aromatic N) is 3. The number of likely N-dealkylation sites (N-methyl/N-ethyl adjacent to an activating group) is 1. The van der Waals surface area contributed by atoms with Gasteiger partial charge in [-0.1, -0.05) is 18.2 Å². The van der Waals surface area contributed by atoms with Crippen LogP contribution in [0.15, 0.2) is 67.0 Å². The van der Waals surface area contributed by atoms with E-state index < -0.39 is 52.8 Å². The van der Waals surface area contributed by atoms with Crippen LogP contribution in [0.5, 0.6) is 5.75 Å². The van der Waals surface area contributed by atoms with Crippen LogP contribution in [0.1, 0.15) is 36.2 Å². The summed E-state index contributed by atoms with van der Waals surface area (Å²) in [6.45, 7) is 1.88. The minimum atomic E-state index is -5.11. The second-order valence-electron chi connectivity index (χ2n) is 10.0. The molecule has 0 bridgehead atoms. The number of aromatic hydroxyl groups is 1. The topological polar surface area (TPSA) is 78.6 Å². The first kappa shape index (κ1) is 30.6. The third-order valence-electron chi connectivity index (χ3n) is 6.84. The summed E-state index contributed by atoms with van der Waals surface area (Å²) in [5.74, 6) is -1.67. The van der Waals surface area contributed by atoms with E-state index in [1.165, 1.54) is 68.2 Å². The Bertz CT molecular complexity index is 1610. The van der Waals surface area contributed by atoms with Crippen molar-refractivity contribution in [3.8, 4) is 22.7 Å². The number of aromatic nitrogens is 2. The van der Waals surface area contributed by atoms with E-state index in [1.54, 1.807) is 0 Å². The number of amides is 1. The molecule has 0 atom stereocenters. The number of anilines is 1. The van der Waals surface area contributed by atoms with Crippen molar-refractivity contribution in [2.75, 3.05) is 11.9 Å². The minimum Gasteiger partial charge on any atom is -0.506 e. The summed E-state index contributed by atoms with van der Waals surface area (Å²) in [5.41, 5.74) is -5.25. The van der Waals surface area contributed by atoms with Crippen molar-refractivity contribution < 1.29 is 45.7 Å². The summed E-state index contributed by atoms with van der Waals surface area (Å²) in [4.78, 5) is 19.0. The highest BCUT2D eigenvalue weighted by molar-refractivity contribution is 6.03. The molecule has 0 aliphatic rings. The van der Waals surface area contributed by atoms with Gasteiger partial charge in [-0.15, -0.1) is 0 Å². The average molecular weight is 596 g/mol. The molecule has 0 aliphatic carbocycles. The van der Waals surface area contributed by atoms with E-state index in [9.17, 15) is 45.7 Å². The van der Waals surface area contributed by atoms with E-state index in [0.29, 0.717) is 12.1 Å². The maximum Gasteiger partial charge on any atom is 0.416 e. The lowest BCUT2D eigenvalue weighted by molar-refractivity contribution is -0.143. The van der Waals surface area contributed by atoms with Crippen molar-refractivity contribution >= 4 is 11.6 Å². The molecule has 0 fully saturated rings. The molecule has 4 rings (SSSR count). The monoisotopic (exact) mass is 595 g/mol. The summed E-state index contributed by atoms with van der Waals surface area (Å²) in [6.07, 6.45) is -7.79. The quantitative estimate of drug-likeness (QED) is 0.239. The van der Waals surface area contributed by atoms with Crippen molar-refractivity contribution in [3.05, 3.63) is 95.2 Å². The lowest BCUT2D eigenvalue weighted by Crippen LogP contribution is -2.42. The zero-order valence-electron chi connectivity index (χ0n) is 22.3. The molecule has 42 heavy (non-hydrogen) atoms. The van der Waals surface area contributed by atoms with E-state index in [-0.39, 0.29) is 40.1 Å². The second-order valence-corrected chi connectivity index (χ2v) is 10.0. The first-order chi connectivity index (χ1) is 19.4. The van der Waals surface area contributed by atoms with Crippen LogP contribution in [0.3, 0.4) is 0 Å². The van der Waals surface area contributed by atoms with Gasteiger partial charge in [-0.05, 0) is 49.7 Å². The number of benzene rings is 2. The molecule has 2 aromatic heterocycles. The van der Waals surface area contributed by atoms with Gasteiger partial charge >= 0.3 is 12.4 Å². The molecule has 13 heteroatoms. The Morgan fingerprint density at radius 1 is 0.905 bits per heavy atom. The SMILES string of the molecule is CN(C(=O)C(C)(C)c1cc(C(F)(F)F)cc(C(F)(F)F)c1)c1cnc(-n2cc(O)cc2CO)cc1-c1ccccc1F. The fourth-order valence-electron chi connectivity index (χ4n) is 4.53. The number of carbonyl (C=O) groups excluding carboxylic acids is 1. The highest BCUT2D eigenvalue weighted by atomic mass is 19.4. The fraction of sp³-hybridized carbons (Fsp3) is 0.241. The molecule has 0 unspecified atom stereocenters. The van der Waals surface area contributed by atoms with Crippen LogP contribution in [0.25, 0.3) is 16.9 Å². The highest BCUT2D eigenvalue weighted by Gasteiger charge is 2.41. The minimum absolute atomic E-state index is 0.00753. The summed E-state index contributed by atoms with van der Waals surface area (Å²) in [6, 6.07) is 9.14. The first-order valence-corrected chi connectivity index (χ1v) is 12.3. The number of carbonyl (C=O) groups is 1. The van der Waals surface area contributed by atoms with Gasteiger partial charge in [0.1, 0.15) is 17.4 Å². The molecule has 0 saturated carbocycles. The van der Waals surface area contributed by atoms with Crippen LogP contribution < -0.4 is 4.90 Å². The molecule has 0 radical (unpaired) electrons. The summed E-state index contributed by atoms with van der Waals surface area (Å²) in [7, 11) is 1.24. The summed E-state index contributed by atoms with van der Waals surface area (Å²) in [5, 5.41) is 19.6. The van der Waals surface area contributed by atoms with Crippen LogP contribution >= 0.6 is 0 Å². The number of rotatable bonds is 6. The fourth-order valence-corrected chi connectivity index (χ4v) is 4.53. The van der Waals surface area contributed by atoms with Crippen LogP contribution in [0, 0.1) is 5.82 Å². The van der Waals surface area contributed by atoms with Gasteiger partial charge in [0.25, 0.3) is 0 Å². The summed E-state index contributed by atoms with van der Waals surface area (Å²) < 4.78 is 97.4. The Morgan fingerprint density at radius 2 is 1.48 bits per heavy atom. The van der Waals surface area contributed by atoms with E-state index in [1.807, 2.05) is 0 Å². The van der Waals surface area contributed by atoms with Gasteiger partial charge in [-0.3, -0.25) is 9.36 Å². The molecule has 222 valence electrons.